The predicted octanol–water partition coefficient (Wildman–Crippen LogP) is 6.04. The molecule has 0 bridgehead atoms. The Bertz CT molecular complexity index is 1480. The predicted molar refractivity (Wildman–Crippen MR) is 147 cm³/mol. The summed E-state index contributed by atoms with van der Waals surface area (Å²) >= 11 is 5.77. The average Bonchev–Trinajstić information content (AvgIpc) is 3.53. The van der Waals surface area contributed by atoms with E-state index in [1.54, 1.807) is 18.3 Å². The monoisotopic (exact) mass is 527 g/mol. The van der Waals surface area contributed by atoms with Gasteiger partial charge in [0.2, 0.25) is 0 Å². The summed E-state index contributed by atoms with van der Waals surface area (Å²) in [7, 11) is 0. The highest BCUT2D eigenvalue weighted by molar-refractivity contribution is 7.80. The Balaban J connectivity index is 1.60. The number of carboxylic acid groups (broad SMARTS) is 2. The van der Waals surface area contributed by atoms with Gasteiger partial charge in [0.05, 0.1) is 22.9 Å². The van der Waals surface area contributed by atoms with E-state index in [-0.39, 0.29) is 17.2 Å². The van der Waals surface area contributed by atoms with E-state index in [9.17, 15) is 19.8 Å². The van der Waals surface area contributed by atoms with E-state index in [1.165, 1.54) is 17.7 Å². The van der Waals surface area contributed by atoms with Gasteiger partial charge in [-0.15, -0.1) is 0 Å². The molecule has 4 aromatic rings. The van der Waals surface area contributed by atoms with E-state index in [4.69, 9.17) is 16.6 Å². The summed E-state index contributed by atoms with van der Waals surface area (Å²) in [6.45, 7) is 4.27. The van der Waals surface area contributed by atoms with Crippen molar-refractivity contribution < 1.29 is 24.2 Å². The molecule has 2 atom stereocenters. The molecule has 0 saturated carbocycles. The maximum absolute atomic E-state index is 11.6. The molecule has 0 radical (unpaired) electrons. The molecule has 2 aromatic heterocycles. The number of furan rings is 1. The Kier molecular flexibility index (Phi) is 6.69. The van der Waals surface area contributed by atoms with Crippen LogP contribution < -0.4 is 10.2 Å². The number of nitrogens with one attached hydrogen (secondary N) is 1. The lowest BCUT2D eigenvalue weighted by molar-refractivity contribution is 0.0696. The minimum Gasteiger partial charge on any atom is -0.478 e. The molecule has 3 heterocycles. The molecule has 192 valence electrons. The van der Waals surface area contributed by atoms with Crippen molar-refractivity contribution in [3.05, 3.63) is 107 Å². The van der Waals surface area contributed by atoms with Crippen molar-refractivity contribution in [1.29, 1.82) is 0 Å². The van der Waals surface area contributed by atoms with Gasteiger partial charge in [0.1, 0.15) is 17.6 Å². The fraction of sp³-hybridized carbons (Fsp3) is 0.172. The van der Waals surface area contributed by atoms with Crippen molar-refractivity contribution >= 4 is 35.0 Å². The molecule has 1 aliphatic heterocycles. The number of rotatable bonds is 7. The normalized spacial score (nSPS) is 17.0. The lowest BCUT2D eigenvalue weighted by Gasteiger charge is -2.26. The molecule has 0 amide bonds. The number of benzene rings is 2. The molecule has 9 heteroatoms. The maximum atomic E-state index is 11.6. The number of anilines is 1. The topological polar surface area (TPSA) is 116 Å². The lowest BCUT2D eigenvalue weighted by atomic mass is 10.0. The minimum absolute atomic E-state index is 0.139. The first-order chi connectivity index (χ1) is 18.2. The molecule has 3 N–H and O–H groups in total. The summed E-state index contributed by atoms with van der Waals surface area (Å²) in [5.74, 6) is -1.16. The minimum atomic E-state index is -1.22. The number of carboxylic acids is 2. The van der Waals surface area contributed by atoms with Crippen LogP contribution in [0.4, 0.5) is 5.69 Å². The summed E-state index contributed by atoms with van der Waals surface area (Å²) in [5.41, 5.74) is 2.94. The van der Waals surface area contributed by atoms with Gasteiger partial charge in [0.15, 0.2) is 5.11 Å². The van der Waals surface area contributed by atoms with Crippen molar-refractivity contribution in [3.8, 4) is 11.3 Å². The molecule has 1 fully saturated rings. The van der Waals surface area contributed by atoms with Crippen molar-refractivity contribution in [3.63, 3.8) is 0 Å². The van der Waals surface area contributed by atoms with Crippen LogP contribution in [0.2, 0.25) is 0 Å². The van der Waals surface area contributed by atoms with Gasteiger partial charge in [-0.2, -0.15) is 0 Å². The second kappa shape index (κ2) is 10.1. The van der Waals surface area contributed by atoms with Gasteiger partial charge in [-0.1, -0.05) is 32.0 Å². The van der Waals surface area contributed by atoms with E-state index in [1.807, 2.05) is 35.2 Å². The molecular formula is C29H25N3O5S. The Morgan fingerprint density at radius 3 is 2.24 bits per heavy atom. The number of hydrogen-bond acceptors (Lipinski definition) is 5. The Hall–Kier alpha value is -4.50. The number of aromatic carboxylic acids is 2. The van der Waals surface area contributed by atoms with Gasteiger partial charge in [-0.25, -0.2) is 9.59 Å². The molecule has 0 spiro atoms. The largest absolute Gasteiger partial charge is 0.478 e. The first-order valence-electron chi connectivity index (χ1n) is 12.1. The zero-order valence-electron chi connectivity index (χ0n) is 20.7. The molecule has 8 nitrogen and oxygen atoms in total. The molecule has 1 aliphatic rings. The fourth-order valence-electron chi connectivity index (χ4n) is 4.63. The van der Waals surface area contributed by atoms with Gasteiger partial charge < -0.3 is 24.8 Å². The summed E-state index contributed by atoms with van der Waals surface area (Å²) in [6.07, 6.45) is 1.72. The standard InChI is InChI=1S/C29H25N3O5S/c1-16(2)17-6-8-21(9-7-17)32-26(25(31-29(32)38)22-5-3-4-12-30-22)24-11-10-23(37-24)18-13-19(27(33)34)15-20(14-18)28(35)36/h3-16,25-26H,1-2H3,(H,31,38)(H,33,34)(H,35,36)/t25-,26+/m1/s1. The SMILES string of the molecule is CC(C)c1ccc(N2C(=S)N[C@H](c3ccccn3)[C@@H]2c2ccc(-c3cc(C(=O)O)cc(C(=O)O)c3)o2)cc1. The number of pyridine rings is 1. The first kappa shape index (κ1) is 25.2. The van der Waals surface area contributed by atoms with Crippen LogP contribution in [-0.2, 0) is 0 Å². The average molecular weight is 528 g/mol. The first-order valence-corrected chi connectivity index (χ1v) is 12.5. The number of nitrogens with zero attached hydrogens (tertiary/aromatic N) is 2. The number of aromatic nitrogens is 1. The lowest BCUT2D eigenvalue weighted by Crippen LogP contribution is -2.29. The molecule has 2 aromatic carbocycles. The molecule has 0 unspecified atom stereocenters. The third-order valence-corrected chi connectivity index (χ3v) is 6.88. The number of carbonyl (C=O) groups is 2. The molecule has 38 heavy (non-hydrogen) atoms. The van der Waals surface area contributed by atoms with Gasteiger partial charge in [0, 0.05) is 17.4 Å². The van der Waals surface area contributed by atoms with Gasteiger partial charge in [0.25, 0.3) is 0 Å². The van der Waals surface area contributed by atoms with Crippen LogP contribution in [0.1, 0.15) is 69.6 Å². The van der Waals surface area contributed by atoms with E-state index in [2.05, 4.69) is 36.3 Å². The third kappa shape index (κ3) is 4.76. The quantitative estimate of drug-likeness (QED) is 0.247. The van der Waals surface area contributed by atoms with Crippen molar-refractivity contribution in [2.45, 2.75) is 31.8 Å². The summed E-state index contributed by atoms with van der Waals surface area (Å²) in [6, 6.07) is 20.6. The zero-order chi connectivity index (χ0) is 27.0. The van der Waals surface area contributed by atoms with Crippen molar-refractivity contribution in [2.75, 3.05) is 4.90 Å². The highest BCUT2D eigenvalue weighted by atomic mass is 32.1. The van der Waals surface area contributed by atoms with Crippen LogP contribution in [-0.4, -0.2) is 32.2 Å². The van der Waals surface area contributed by atoms with Crippen LogP contribution in [0, 0.1) is 0 Å². The molecule has 5 rings (SSSR count). The summed E-state index contributed by atoms with van der Waals surface area (Å²) in [4.78, 5) is 29.8. The van der Waals surface area contributed by atoms with Crippen LogP contribution in [0.3, 0.4) is 0 Å². The third-order valence-electron chi connectivity index (χ3n) is 6.57. The van der Waals surface area contributed by atoms with Gasteiger partial charge in [-0.05, 0) is 78.3 Å². The molecular weight excluding hydrogens is 502 g/mol. The van der Waals surface area contributed by atoms with Crippen molar-refractivity contribution in [1.82, 2.24) is 10.3 Å². The summed E-state index contributed by atoms with van der Waals surface area (Å²) < 4.78 is 6.28. The number of thiocarbonyl (C=S) groups is 1. The van der Waals surface area contributed by atoms with E-state index < -0.39 is 18.0 Å². The highest BCUT2D eigenvalue weighted by Crippen LogP contribution is 2.43. The van der Waals surface area contributed by atoms with Crippen LogP contribution >= 0.6 is 12.2 Å². The zero-order valence-corrected chi connectivity index (χ0v) is 21.5. The number of hydrogen-bond donors (Lipinski definition) is 3. The highest BCUT2D eigenvalue weighted by Gasteiger charge is 2.42. The van der Waals surface area contributed by atoms with Crippen LogP contribution in [0.5, 0.6) is 0 Å². The Morgan fingerprint density at radius 1 is 0.974 bits per heavy atom. The van der Waals surface area contributed by atoms with E-state index in [0.717, 1.165) is 17.4 Å². The smallest absolute Gasteiger partial charge is 0.335 e. The maximum Gasteiger partial charge on any atom is 0.335 e. The van der Waals surface area contributed by atoms with Crippen molar-refractivity contribution in [2.24, 2.45) is 0 Å². The van der Waals surface area contributed by atoms with Gasteiger partial charge >= 0.3 is 11.9 Å². The second-order valence-corrected chi connectivity index (χ2v) is 9.74. The van der Waals surface area contributed by atoms with Crippen LogP contribution in [0.25, 0.3) is 11.3 Å². The fourth-order valence-corrected chi connectivity index (χ4v) is 4.97. The summed E-state index contributed by atoms with van der Waals surface area (Å²) in [5, 5.41) is 22.9. The second-order valence-electron chi connectivity index (χ2n) is 9.35. The van der Waals surface area contributed by atoms with E-state index in [0.29, 0.717) is 28.1 Å². The van der Waals surface area contributed by atoms with Gasteiger partial charge in [-0.3, -0.25) is 4.98 Å². The van der Waals surface area contributed by atoms with Crippen LogP contribution in [0.15, 0.2) is 83.4 Å². The Morgan fingerprint density at radius 2 is 1.66 bits per heavy atom. The molecule has 1 saturated heterocycles. The van der Waals surface area contributed by atoms with E-state index >= 15 is 0 Å². The molecule has 0 aliphatic carbocycles. The Labute approximate surface area is 224 Å².